The van der Waals surface area contributed by atoms with Gasteiger partial charge in [-0.1, -0.05) is 18.2 Å². The Balaban J connectivity index is 1.70. The minimum atomic E-state index is -0.813. The lowest BCUT2D eigenvalue weighted by Gasteiger charge is -2.36. The van der Waals surface area contributed by atoms with Crippen LogP contribution in [0.15, 0.2) is 24.3 Å². The Hall–Kier alpha value is -1.59. The third-order valence-corrected chi connectivity index (χ3v) is 4.47. The molecule has 2 heterocycles. The molecule has 0 amide bonds. The molecule has 1 N–H and O–H groups in total. The second-order valence-electron chi connectivity index (χ2n) is 5.86. The summed E-state index contributed by atoms with van der Waals surface area (Å²) in [7, 11) is 0. The normalized spacial score (nSPS) is 25.9. The van der Waals surface area contributed by atoms with E-state index in [1.807, 2.05) is 24.3 Å². The Morgan fingerprint density at radius 3 is 2.81 bits per heavy atom. The lowest BCUT2D eigenvalue weighted by atomic mass is 9.77. The first kappa shape index (κ1) is 14.4. The number of morpholine rings is 1. The van der Waals surface area contributed by atoms with E-state index in [0.717, 1.165) is 44.2 Å². The maximum atomic E-state index is 11.8. The van der Waals surface area contributed by atoms with Crippen molar-refractivity contribution in [3.8, 4) is 5.75 Å². The molecule has 0 aliphatic carbocycles. The van der Waals surface area contributed by atoms with Crippen molar-refractivity contribution in [1.29, 1.82) is 0 Å². The van der Waals surface area contributed by atoms with Crippen LogP contribution in [0.2, 0.25) is 0 Å². The van der Waals surface area contributed by atoms with Gasteiger partial charge in [0.1, 0.15) is 17.8 Å². The van der Waals surface area contributed by atoms with Crippen molar-refractivity contribution in [2.75, 3.05) is 39.5 Å². The van der Waals surface area contributed by atoms with E-state index < -0.39 is 11.4 Å². The molecule has 114 valence electrons. The number of benzene rings is 1. The van der Waals surface area contributed by atoms with E-state index in [2.05, 4.69) is 4.90 Å². The Bertz CT molecular complexity index is 513. The fourth-order valence-corrected chi connectivity index (χ4v) is 3.02. The van der Waals surface area contributed by atoms with Crippen LogP contribution >= 0.6 is 0 Å². The summed E-state index contributed by atoms with van der Waals surface area (Å²) in [6.45, 7) is 4.27. The lowest BCUT2D eigenvalue weighted by Crippen LogP contribution is -2.46. The number of carbonyl (C=O) groups is 1. The van der Waals surface area contributed by atoms with Gasteiger partial charge in [0.05, 0.1) is 13.2 Å². The molecule has 3 rings (SSSR count). The molecule has 1 saturated heterocycles. The number of ether oxygens (including phenoxy) is 2. The molecule has 1 atom stereocenters. The number of para-hydroxylation sites is 1. The van der Waals surface area contributed by atoms with E-state index in [1.165, 1.54) is 0 Å². The van der Waals surface area contributed by atoms with Crippen molar-refractivity contribution in [1.82, 2.24) is 4.90 Å². The van der Waals surface area contributed by atoms with Crippen LogP contribution in [0.3, 0.4) is 0 Å². The molecule has 0 saturated carbocycles. The maximum absolute atomic E-state index is 11.8. The van der Waals surface area contributed by atoms with Crippen LogP contribution in [0.4, 0.5) is 0 Å². The van der Waals surface area contributed by atoms with E-state index >= 15 is 0 Å². The zero-order valence-corrected chi connectivity index (χ0v) is 12.1. The Labute approximate surface area is 124 Å². The van der Waals surface area contributed by atoms with Crippen molar-refractivity contribution in [3.05, 3.63) is 29.8 Å². The molecule has 2 aliphatic rings. The van der Waals surface area contributed by atoms with Crippen molar-refractivity contribution in [2.45, 2.75) is 12.8 Å². The topological polar surface area (TPSA) is 59.0 Å². The van der Waals surface area contributed by atoms with Crippen molar-refractivity contribution < 1.29 is 19.4 Å². The van der Waals surface area contributed by atoms with Crippen LogP contribution in [-0.4, -0.2) is 55.4 Å². The molecule has 1 aromatic carbocycles. The first-order chi connectivity index (χ1) is 10.2. The molecule has 5 nitrogen and oxygen atoms in total. The monoisotopic (exact) mass is 291 g/mol. The summed E-state index contributed by atoms with van der Waals surface area (Å²) < 4.78 is 11.0. The Kier molecular flexibility index (Phi) is 4.12. The SMILES string of the molecule is O=C(O)C1(CCN2CCOCC2)COc2ccccc2C1. The average molecular weight is 291 g/mol. The van der Waals surface area contributed by atoms with Gasteiger partial charge in [-0.2, -0.15) is 0 Å². The molecule has 1 unspecified atom stereocenters. The van der Waals surface area contributed by atoms with E-state index in [1.54, 1.807) is 0 Å². The summed E-state index contributed by atoms with van der Waals surface area (Å²) >= 11 is 0. The fourth-order valence-electron chi connectivity index (χ4n) is 3.02. The molecule has 1 fully saturated rings. The highest BCUT2D eigenvalue weighted by Crippen LogP contribution is 2.37. The standard InChI is InChI=1S/C16H21NO4/c18-15(19)16(5-6-17-7-9-20-10-8-17)11-13-3-1-2-4-14(13)21-12-16/h1-4H,5-12H2,(H,18,19). The Morgan fingerprint density at radius 1 is 1.29 bits per heavy atom. The number of hydrogen-bond donors (Lipinski definition) is 1. The van der Waals surface area contributed by atoms with Crippen molar-refractivity contribution in [2.24, 2.45) is 5.41 Å². The van der Waals surface area contributed by atoms with Gasteiger partial charge in [-0.05, 0) is 31.0 Å². The summed E-state index contributed by atoms with van der Waals surface area (Å²) in [6, 6.07) is 7.71. The van der Waals surface area contributed by atoms with Gasteiger partial charge in [0.15, 0.2) is 0 Å². The molecule has 1 aromatic rings. The maximum Gasteiger partial charge on any atom is 0.313 e. The van der Waals surface area contributed by atoms with Crippen molar-refractivity contribution in [3.63, 3.8) is 0 Å². The van der Waals surface area contributed by atoms with E-state index in [4.69, 9.17) is 9.47 Å². The lowest BCUT2D eigenvalue weighted by molar-refractivity contribution is -0.152. The van der Waals surface area contributed by atoms with Crippen LogP contribution < -0.4 is 4.74 Å². The predicted molar refractivity (Wildman–Crippen MR) is 77.6 cm³/mol. The second-order valence-corrected chi connectivity index (χ2v) is 5.86. The van der Waals surface area contributed by atoms with Gasteiger partial charge in [-0.3, -0.25) is 9.69 Å². The molecule has 5 heteroatoms. The molecule has 0 spiro atoms. The number of rotatable bonds is 4. The molecule has 0 radical (unpaired) electrons. The molecule has 0 bridgehead atoms. The van der Waals surface area contributed by atoms with Gasteiger partial charge in [-0.25, -0.2) is 0 Å². The molecular formula is C16H21NO4. The first-order valence-corrected chi connectivity index (χ1v) is 7.44. The highest BCUT2D eigenvalue weighted by atomic mass is 16.5. The Morgan fingerprint density at radius 2 is 2.05 bits per heavy atom. The van der Waals surface area contributed by atoms with Gasteiger partial charge in [-0.15, -0.1) is 0 Å². The van der Waals surface area contributed by atoms with Gasteiger partial charge in [0.2, 0.25) is 0 Å². The van der Waals surface area contributed by atoms with Gasteiger partial charge < -0.3 is 14.6 Å². The van der Waals surface area contributed by atoms with Crippen LogP contribution in [0, 0.1) is 5.41 Å². The van der Waals surface area contributed by atoms with Gasteiger partial charge >= 0.3 is 5.97 Å². The number of carboxylic acids is 1. The summed E-state index contributed by atoms with van der Waals surface area (Å²) in [6.07, 6.45) is 1.15. The predicted octanol–water partition coefficient (Wildman–Crippen LogP) is 1.41. The first-order valence-electron chi connectivity index (χ1n) is 7.44. The number of nitrogens with zero attached hydrogens (tertiary/aromatic N) is 1. The highest BCUT2D eigenvalue weighted by Gasteiger charge is 2.43. The summed E-state index contributed by atoms with van der Waals surface area (Å²) in [5, 5.41) is 9.72. The minimum absolute atomic E-state index is 0.254. The molecule has 2 aliphatic heterocycles. The van der Waals surface area contributed by atoms with E-state index in [9.17, 15) is 9.90 Å². The number of hydrogen-bond acceptors (Lipinski definition) is 4. The summed E-state index contributed by atoms with van der Waals surface area (Å²) in [5.74, 6) is 0.0611. The van der Waals surface area contributed by atoms with Crippen LogP contribution in [-0.2, 0) is 16.0 Å². The average Bonchev–Trinajstić information content (AvgIpc) is 2.53. The third-order valence-electron chi connectivity index (χ3n) is 4.47. The number of aliphatic carboxylic acids is 1. The molecule has 0 aromatic heterocycles. The summed E-state index contributed by atoms with van der Waals surface area (Å²) in [4.78, 5) is 14.1. The van der Waals surface area contributed by atoms with Gasteiger partial charge in [0, 0.05) is 13.1 Å². The highest BCUT2D eigenvalue weighted by molar-refractivity contribution is 5.76. The quantitative estimate of drug-likeness (QED) is 0.909. The zero-order chi connectivity index (χ0) is 14.7. The summed E-state index contributed by atoms with van der Waals surface area (Å²) in [5.41, 5.74) is 0.181. The van der Waals surface area contributed by atoms with Gasteiger partial charge in [0.25, 0.3) is 0 Å². The van der Waals surface area contributed by atoms with Crippen LogP contribution in [0.1, 0.15) is 12.0 Å². The largest absolute Gasteiger partial charge is 0.492 e. The minimum Gasteiger partial charge on any atom is -0.492 e. The van der Waals surface area contributed by atoms with Crippen molar-refractivity contribution >= 4 is 5.97 Å². The molecule has 21 heavy (non-hydrogen) atoms. The van der Waals surface area contributed by atoms with E-state index in [0.29, 0.717) is 12.8 Å². The number of fused-ring (bicyclic) bond motifs is 1. The number of carboxylic acid groups (broad SMARTS) is 1. The third kappa shape index (κ3) is 3.04. The fraction of sp³-hybridized carbons (Fsp3) is 0.562. The second kappa shape index (κ2) is 6.03. The zero-order valence-electron chi connectivity index (χ0n) is 12.1. The molecular weight excluding hydrogens is 270 g/mol. The van der Waals surface area contributed by atoms with Crippen LogP contribution in [0.5, 0.6) is 5.75 Å². The van der Waals surface area contributed by atoms with E-state index in [-0.39, 0.29) is 6.61 Å². The van der Waals surface area contributed by atoms with Crippen LogP contribution in [0.25, 0.3) is 0 Å². The smallest absolute Gasteiger partial charge is 0.313 e.